The molecule has 1 aliphatic heterocycles. The summed E-state index contributed by atoms with van der Waals surface area (Å²) in [7, 11) is -3.10. The Morgan fingerprint density at radius 3 is 2.68 bits per heavy atom. The van der Waals surface area contributed by atoms with E-state index in [1.54, 1.807) is 6.92 Å². The molecule has 1 saturated heterocycles. The average molecular weight is 285 g/mol. The van der Waals surface area contributed by atoms with Crippen molar-refractivity contribution in [2.24, 2.45) is 0 Å². The lowest BCUT2D eigenvalue weighted by Gasteiger charge is -2.33. The van der Waals surface area contributed by atoms with Crippen LogP contribution in [0.2, 0.25) is 0 Å². The van der Waals surface area contributed by atoms with E-state index in [1.165, 1.54) is 23.1 Å². The second-order valence-corrected chi connectivity index (χ2v) is 6.86. The Labute approximate surface area is 111 Å². The lowest BCUT2D eigenvalue weighted by molar-refractivity contribution is 0.0709. The number of rotatable bonds is 1. The summed E-state index contributed by atoms with van der Waals surface area (Å²) in [5.41, 5.74) is -0.0221. The van der Waals surface area contributed by atoms with Crippen molar-refractivity contribution >= 4 is 15.7 Å². The molecule has 1 amide bonds. The number of hydrogen-bond donors (Lipinski definition) is 2. The van der Waals surface area contributed by atoms with Crippen molar-refractivity contribution in [2.45, 2.75) is 13.0 Å². The van der Waals surface area contributed by atoms with E-state index in [-0.39, 0.29) is 29.4 Å². The third-order valence-corrected chi connectivity index (χ3v) is 4.97. The van der Waals surface area contributed by atoms with E-state index in [4.69, 9.17) is 0 Å². The summed E-state index contributed by atoms with van der Waals surface area (Å²) >= 11 is 0. The molecule has 1 fully saturated rings. The van der Waals surface area contributed by atoms with Gasteiger partial charge in [0.1, 0.15) is 0 Å². The van der Waals surface area contributed by atoms with Gasteiger partial charge in [-0.1, -0.05) is 6.07 Å². The third kappa shape index (κ3) is 2.65. The molecule has 0 saturated carbocycles. The van der Waals surface area contributed by atoms with Crippen molar-refractivity contribution < 1.29 is 23.4 Å². The van der Waals surface area contributed by atoms with Crippen molar-refractivity contribution in [3.8, 4) is 11.5 Å². The molecule has 1 heterocycles. The van der Waals surface area contributed by atoms with Gasteiger partial charge in [-0.2, -0.15) is 0 Å². The van der Waals surface area contributed by atoms with Crippen LogP contribution in [-0.4, -0.2) is 53.5 Å². The zero-order valence-corrected chi connectivity index (χ0v) is 11.2. The highest BCUT2D eigenvalue weighted by molar-refractivity contribution is 7.91. The first-order valence-electron chi connectivity index (χ1n) is 5.84. The minimum Gasteiger partial charge on any atom is -0.504 e. The van der Waals surface area contributed by atoms with Crippen molar-refractivity contribution in [3.05, 3.63) is 23.8 Å². The summed E-state index contributed by atoms with van der Waals surface area (Å²) in [5.74, 6) is -1.49. The number of para-hydroxylation sites is 1. The topological polar surface area (TPSA) is 94.9 Å². The van der Waals surface area contributed by atoms with Gasteiger partial charge in [0.05, 0.1) is 17.1 Å². The molecule has 7 heteroatoms. The van der Waals surface area contributed by atoms with Crippen LogP contribution in [-0.2, 0) is 9.84 Å². The van der Waals surface area contributed by atoms with Crippen molar-refractivity contribution in [2.75, 3.05) is 18.1 Å². The molecular weight excluding hydrogens is 270 g/mol. The van der Waals surface area contributed by atoms with Gasteiger partial charge < -0.3 is 15.1 Å². The molecule has 0 aliphatic carbocycles. The number of phenols is 2. The van der Waals surface area contributed by atoms with E-state index in [2.05, 4.69) is 0 Å². The van der Waals surface area contributed by atoms with Gasteiger partial charge in [0.2, 0.25) is 0 Å². The van der Waals surface area contributed by atoms with Crippen LogP contribution in [0, 0.1) is 0 Å². The molecular formula is C12H15NO5S. The Hall–Kier alpha value is -1.76. The van der Waals surface area contributed by atoms with Gasteiger partial charge in [-0.15, -0.1) is 0 Å². The lowest BCUT2D eigenvalue weighted by Crippen LogP contribution is -2.49. The minimum absolute atomic E-state index is 0.0221. The second kappa shape index (κ2) is 4.73. The van der Waals surface area contributed by atoms with E-state index in [0.717, 1.165) is 0 Å². The molecule has 0 bridgehead atoms. The molecule has 104 valence electrons. The van der Waals surface area contributed by atoms with Gasteiger partial charge in [-0.25, -0.2) is 8.42 Å². The highest BCUT2D eigenvalue weighted by atomic mass is 32.2. The molecule has 0 spiro atoms. The summed E-state index contributed by atoms with van der Waals surface area (Å²) < 4.78 is 22.9. The Morgan fingerprint density at radius 1 is 1.37 bits per heavy atom. The van der Waals surface area contributed by atoms with Crippen molar-refractivity contribution in [1.82, 2.24) is 4.90 Å². The number of phenolic OH excluding ortho intramolecular Hbond substituents is 2. The summed E-state index contributed by atoms with van der Waals surface area (Å²) in [6.07, 6.45) is 0. The Balaban J connectivity index is 2.28. The van der Waals surface area contributed by atoms with Gasteiger partial charge in [0.25, 0.3) is 5.91 Å². The van der Waals surface area contributed by atoms with E-state index in [1.807, 2.05) is 0 Å². The zero-order chi connectivity index (χ0) is 14.2. The first kappa shape index (κ1) is 13.7. The molecule has 1 aromatic carbocycles. The molecule has 1 aliphatic rings. The molecule has 2 rings (SSSR count). The molecule has 6 nitrogen and oxygen atoms in total. The van der Waals surface area contributed by atoms with E-state index >= 15 is 0 Å². The largest absolute Gasteiger partial charge is 0.504 e. The number of carbonyl (C=O) groups excluding carboxylic acids is 1. The highest BCUT2D eigenvalue weighted by Crippen LogP contribution is 2.30. The second-order valence-electron chi connectivity index (χ2n) is 4.64. The number of carbonyl (C=O) groups is 1. The van der Waals surface area contributed by atoms with Gasteiger partial charge in [0, 0.05) is 12.6 Å². The van der Waals surface area contributed by atoms with Crippen LogP contribution in [0.3, 0.4) is 0 Å². The third-order valence-electron chi connectivity index (χ3n) is 3.18. The molecule has 2 N–H and O–H groups in total. The molecule has 1 unspecified atom stereocenters. The maximum absolute atomic E-state index is 12.3. The molecule has 1 atom stereocenters. The standard InChI is InChI=1S/C12H15NO5S/c1-8-7-19(17,18)6-5-13(8)12(16)9-3-2-4-10(14)11(9)15/h2-4,8,14-15H,5-7H2,1H3. The maximum Gasteiger partial charge on any atom is 0.258 e. The highest BCUT2D eigenvalue weighted by Gasteiger charge is 2.32. The fraction of sp³-hybridized carbons (Fsp3) is 0.417. The number of aromatic hydroxyl groups is 2. The van der Waals surface area contributed by atoms with Gasteiger partial charge in [0.15, 0.2) is 21.3 Å². The monoisotopic (exact) mass is 285 g/mol. The Kier molecular flexibility index (Phi) is 3.40. The first-order valence-corrected chi connectivity index (χ1v) is 7.66. The van der Waals surface area contributed by atoms with E-state index in [0.29, 0.717) is 0 Å². The number of sulfone groups is 1. The quantitative estimate of drug-likeness (QED) is 0.726. The predicted octanol–water partition coefficient (Wildman–Crippen LogP) is 0.357. The average Bonchev–Trinajstić information content (AvgIpc) is 2.31. The smallest absolute Gasteiger partial charge is 0.258 e. The number of hydrogen-bond acceptors (Lipinski definition) is 5. The minimum atomic E-state index is -3.10. The van der Waals surface area contributed by atoms with Crippen LogP contribution in [0.25, 0.3) is 0 Å². The number of benzene rings is 1. The summed E-state index contributed by atoms with van der Waals surface area (Å²) in [6.45, 7) is 1.74. The van der Waals surface area contributed by atoms with Crippen LogP contribution in [0.15, 0.2) is 18.2 Å². The maximum atomic E-state index is 12.3. The zero-order valence-electron chi connectivity index (χ0n) is 10.4. The summed E-state index contributed by atoms with van der Waals surface area (Å²) in [6, 6.07) is 3.67. The van der Waals surface area contributed by atoms with E-state index < -0.39 is 27.5 Å². The van der Waals surface area contributed by atoms with Crippen molar-refractivity contribution in [1.29, 1.82) is 0 Å². The summed E-state index contributed by atoms with van der Waals surface area (Å²) in [4.78, 5) is 13.7. The Morgan fingerprint density at radius 2 is 2.05 bits per heavy atom. The van der Waals surface area contributed by atoms with E-state index in [9.17, 15) is 23.4 Å². The van der Waals surface area contributed by atoms with Crippen LogP contribution < -0.4 is 0 Å². The number of nitrogens with zero attached hydrogens (tertiary/aromatic N) is 1. The number of amides is 1. The normalized spacial score (nSPS) is 22.2. The Bertz CT molecular complexity index is 611. The molecule has 1 aromatic rings. The van der Waals surface area contributed by atoms with Crippen LogP contribution in [0.1, 0.15) is 17.3 Å². The van der Waals surface area contributed by atoms with Crippen LogP contribution in [0.4, 0.5) is 0 Å². The predicted molar refractivity (Wildman–Crippen MR) is 68.9 cm³/mol. The lowest BCUT2D eigenvalue weighted by atomic mass is 10.1. The first-order chi connectivity index (χ1) is 8.82. The fourth-order valence-corrected chi connectivity index (χ4v) is 3.72. The van der Waals surface area contributed by atoms with Crippen LogP contribution >= 0.6 is 0 Å². The van der Waals surface area contributed by atoms with Crippen LogP contribution in [0.5, 0.6) is 11.5 Å². The SMILES string of the molecule is CC1CS(=O)(=O)CCN1C(=O)c1cccc(O)c1O. The van der Waals surface area contributed by atoms with Gasteiger partial charge in [-0.05, 0) is 19.1 Å². The molecule has 0 radical (unpaired) electrons. The summed E-state index contributed by atoms with van der Waals surface area (Å²) in [5, 5.41) is 19.1. The fourth-order valence-electron chi connectivity index (χ4n) is 2.16. The molecule has 0 aromatic heterocycles. The van der Waals surface area contributed by atoms with Crippen molar-refractivity contribution in [3.63, 3.8) is 0 Å². The van der Waals surface area contributed by atoms with Gasteiger partial charge in [-0.3, -0.25) is 4.79 Å². The molecule has 19 heavy (non-hydrogen) atoms. The van der Waals surface area contributed by atoms with Gasteiger partial charge >= 0.3 is 0 Å².